The maximum atomic E-state index is 12.4. The highest BCUT2D eigenvalue weighted by atomic mass is 16.5. The van der Waals surface area contributed by atoms with Crippen LogP contribution in [0.3, 0.4) is 0 Å². The molecule has 0 radical (unpaired) electrons. The largest absolute Gasteiger partial charge is 0.490 e. The van der Waals surface area contributed by atoms with Crippen molar-refractivity contribution in [1.82, 2.24) is 5.32 Å². The van der Waals surface area contributed by atoms with Crippen molar-refractivity contribution in [3.63, 3.8) is 0 Å². The molecule has 0 aromatic heterocycles. The fourth-order valence-corrected chi connectivity index (χ4v) is 2.37. The predicted molar refractivity (Wildman–Crippen MR) is 86.4 cm³/mol. The number of carbonyl (C=O) groups is 1. The Morgan fingerprint density at radius 2 is 2.09 bits per heavy atom. The zero-order valence-corrected chi connectivity index (χ0v) is 13.4. The van der Waals surface area contributed by atoms with Gasteiger partial charge in [-0.25, -0.2) is 0 Å². The summed E-state index contributed by atoms with van der Waals surface area (Å²) in [7, 11) is 0. The molecule has 122 valence electrons. The van der Waals surface area contributed by atoms with Crippen LogP contribution in [0.25, 0.3) is 0 Å². The number of nitrogens with two attached hydrogens (primary N) is 1. The first kappa shape index (κ1) is 16.6. The second-order valence-electron chi connectivity index (χ2n) is 5.60. The van der Waals surface area contributed by atoms with Crippen molar-refractivity contribution in [2.75, 3.05) is 19.8 Å². The Morgan fingerprint density at radius 1 is 1.32 bits per heavy atom. The lowest BCUT2D eigenvalue weighted by atomic mass is 10.1. The van der Waals surface area contributed by atoms with Crippen molar-refractivity contribution >= 4 is 5.91 Å². The van der Waals surface area contributed by atoms with Gasteiger partial charge in [-0.1, -0.05) is 6.92 Å². The van der Waals surface area contributed by atoms with E-state index in [1.807, 2.05) is 13.8 Å². The predicted octanol–water partition coefficient (Wildman–Crippen LogP) is 2.34. The number of hydrogen-bond acceptors (Lipinski definition) is 4. The van der Waals surface area contributed by atoms with Crippen LogP contribution in [-0.2, 0) is 0 Å². The number of nitrogens with one attached hydrogen (secondary N) is 1. The van der Waals surface area contributed by atoms with Crippen molar-refractivity contribution in [3.8, 4) is 11.5 Å². The molecule has 3 N–H and O–H groups in total. The molecule has 1 amide bonds. The van der Waals surface area contributed by atoms with Crippen molar-refractivity contribution in [1.29, 1.82) is 0 Å². The van der Waals surface area contributed by atoms with E-state index in [2.05, 4.69) is 5.32 Å². The molecule has 1 saturated carbocycles. The van der Waals surface area contributed by atoms with Gasteiger partial charge in [0.2, 0.25) is 0 Å². The standard InChI is InChI=1S/C17H26N2O3/c1-3-9-22-15-8-7-13(10-16(15)21-4-2)17(20)19-14(11-18)12-5-6-12/h7-8,10,12,14H,3-6,9,11,18H2,1-2H3,(H,19,20). The summed E-state index contributed by atoms with van der Waals surface area (Å²) in [6.45, 7) is 5.59. The highest BCUT2D eigenvalue weighted by Crippen LogP contribution is 2.33. The molecular formula is C17H26N2O3. The molecule has 1 unspecified atom stereocenters. The summed E-state index contributed by atoms with van der Waals surface area (Å²) in [5, 5.41) is 3.02. The van der Waals surface area contributed by atoms with E-state index in [4.69, 9.17) is 15.2 Å². The summed E-state index contributed by atoms with van der Waals surface area (Å²) in [6, 6.07) is 5.37. The molecule has 5 nitrogen and oxygen atoms in total. The van der Waals surface area contributed by atoms with E-state index in [0.29, 0.717) is 42.7 Å². The first-order chi connectivity index (χ1) is 10.7. The van der Waals surface area contributed by atoms with Gasteiger partial charge in [0.1, 0.15) is 0 Å². The van der Waals surface area contributed by atoms with Crippen LogP contribution in [0.15, 0.2) is 18.2 Å². The molecule has 1 aliphatic carbocycles. The van der Waals surface area contributed by atoms with Gasteiger partial charge in [0.25, 0.3) is 5.91 Å². The van der Waals surface area contributed by atoms with Crippen LogP contribution < -0.4 is 20.5 Å². The van der Waals surface area contributed by atoms with E-state index in [0.717, 1.165) is 19.3 Å². The minimum atomic E-state index is -0.106. The van der Waals surface area contributed by atoms with E-state index < -0.39 is 0 Å². The number of hydrogen-bond donors (Lipinski definition) is 2. The molecule has 1 atom stereocenters. The lowest BCUT2D eigenvalue weighted by Gasteiger charge is -2.17. The van der Waals surface area contributed by atoms with Crippen LogP contribution in [0.4, 0.5) is 0 Å². The van der Waals surface area contributed by atoms with Gasteiger partial charge >= 0.3 is 0 Å². The summed E-state index contributed by atoms with van der Waals surface area (Å²) >= 11 is 0. The van der Waals surface area contributed by atoms with E-state index >= 15 is 0 Å². The molecular weight excluding hydrogens is 280 g/mol. The Morgan fingerprint density at radius 3 is 2.68 bits per heavy atom. The minimum absolute atomic E-state index is 0.0686. The number of benzene rings is 1. The Labute approximate surface area is 132 Å². The third-order valence-electron chi connectivity index (χ3n) is 3.73. The van der Waals surface area contributed by atoms with Gasteiger partial charge in [0.15, 0.2) is 11.5 Å². The molecule has 0 heterocycles. The van der Waals surface area contributed by atoms with E-state index in [-0.39, 0.29) is 11.9 Å². The fraction of sp³-hybridized carbons (Fsp3) is 0.588. The Balaban J connectivity index is 2.08. The fourth-order valence-electron chi connectivity index (χ4n) is 2.37. The molecule has 1 fully saturated rings. The second-order valence-corrected chi connectivity index (χ2v) is 5.60. The average molecular weight is 306 g/mol. The summed E-state index contributed by atoms with van der Waals surface area (Å²) in [4.78, 5) is 12.4. The third-order valence-corrected chi connectivity index (χ3v) is 3.73. The van der Waals surface area contributed by atoms with Crippen LogP contribution in [0.5, 0.6) is 11.5 Å². The molecule has 1 aromatic carbocycles. The van der Waals surface area contributed by atoms with Crippen molar-refractivity contribution in [3.05, 3.63) is 23.8 Å². The summed E-state index contributed by atoms with van der Waals surface area (Å²) in [6.07, 6.45) is 3.22. The highest BCUT2D eigenvalue weighted by molar-refractivity contribution is 5.95. The van der Waals surface area contributed by atoms with Crippen LogP contribution in [0.1, 0.15) is 43.5 Å². The quantitative estimate of drug-likeness (QED) is 0.734. The Hall–Kier alpha value is -1.75. The highest BCUT2D eigenvalue weighted by Gasteiger charge is 2.31. The molecule has 0 aliphatic heterocycles. The average Bonchev–Trinajstić information content (AvgIpc) is 3.36. The molecule has 0 saturated heterocycles. The molecule has 2 rings (SSSR count). The van der Waals surface area contributed by atoms with Gasteiger partial charge in [-0.2, -0.15) is 0 Å². The van der Waals surface area contributed by atoms with Crippen molar-refractivity contribution in [2.24, 2.45) is 11.7 Å². The van der Waals surface area contributed by atoms with Crippen molar-refractivity contribution < 1.29 is 14.3 Å². The van der Waals surface area contributed by atoms with Gasteiger partial charge in [-0.05, 0) is 50.3 Å². The first-order valence-electron chi connectivity index (χ1n) is 8.10. The zero-order chi connectivity index (χ0) is 15.9. The minimum Gasteiger partial charge on any atom is -0.490 e. The molecule has 22 heavy (non-hydrogen) atoms. The Bertz CT molecular complexity index is 501. The van der Waals surface area contributed by atoms with Crippen molar-refractivity contribution in [2.45, 2.75) is 39.2 Å². The second kappa shape index (κ2) is 8.03. The molecule has 0 spiro atoms. The molecule has 0 bridgehead atoms. The summed E-state index contributed by atoms with van der Waals surface area (Å²) in [5.74, 6) is 1.72. The Kier molecular flexibility index (Phi) is 6.07. The zero-order valence-electron chi connectivity index (χ0n) is 13.4. The van der Waals surface area contributed by atoms with Gasteiger partial charge in [0, 0.05) is 18.2 Å². The number of rotatable bonds is 9. The smallest absolute Gasteiger partial charge is 0.251 e. The van der Waals surface area contributed by atoms with Crippen LogP contribution in [-0.4, -0.2) is 31.7 Å². The number of amides is 1. The van der Waals surface area contributed by atoms with Gasteiger partial charge in [-0.15, -0.1) is 0 Å². The lowest BCUT2D eigenvalue weighted by Crippen LogP contribution is -2.41. The van der Waals surface area contributed by atoms with Crippen LogP contribution in [0, 0.1) is 5.92 Å². The van der Waals surface area contributed by atoms with Gasteiger partial charge < -0.3 is 20.5 Å². The summed E-state index contributed by atoms with van der Waals surface area (Å²) < 4.78 is 11.2. The maximum absolute atomic E-state index is 12.4. The molecule has 1 aromatic rings. The normalized spacial score (nSPS) is 15.2. The van der Waals surface area contributed by atoms with Crippen LogP contribution >= 0.6 is 0 Å². The van der Waals surface area contributed by atoms with E-state index in [1.165, 1.54) is 0 Å². The SMILES string of the molecule is CCCOc1ccc(C(=O)NC(CN)C2CC2)cc1OCC. The third kappa shape index (κ3) is 4.37. The topological polar surface area (TPSA) is 73.6 Å². The monoisotopic (exact) mass is 306 g/mol. The van der Waals surface area contributed by atoms with Crippen LogP contribution in [0.2, 0.25) is 0 Å². The van der Waals surface area contributed by atoms with E-state index in [1.54, 1.807) is 18.2 Å². The summed E-state index contributed by atoms with van der Waals surface area (Å²) in [5.41, 5.74) is 6.31. The molecule has 5 heteroatoms. The van der Waals surface area contributed by atoms with Gasteiger partial charge in [0.05, 0.1) is 13.2 Å². The first-order valence-corrected chi connectivity index (χ1v) is 8.10. The maximum Gasteiger partial charge on any atom is 0.251 e. The molecule has 1 aliphatic rings. The number of ether oxygens (including phenoxy) is 2. The number of carbonyl (C=O) groups excluding carboxylic acids is 1. The van der Waals surface area contributed by atoms with E-state index in [9.17, 15) is 4.79 Å². The lowest BCUT2D eigenvalue weighted by molar-refractivity contribution is 0.0933. The van der Waals surface area contributed by atoms with Gasteiger partial charge in [-0.3, -0.25) is 4.79 Å².